The van der Waals surface area contributed by atoms with Crippen molar-refractivity contribution in [1.29, 1.82) is 0 Å². The van der Waals surface area contributed by atoms with Crippen LogP contribution in [0.1, 0.15) is 5.56 Å². The standard InChI is InChI=1S/C12H13N3.ClH/c13-11-6-7-15(12(14)8-11)9-10-4-2-1-3-5-10;/h1-8H,9H2,(H3,13,14);1H/p+1. The van der Waals surface area contributed by atoms with Gasteiger partial charge >= 0.3 is 0 Å². The first-order valence-corrected chi connectivity index (χ1v) is 4.84. The lowest BCUT2D eigenvalue weighted by atomic mass is 10.2. The molecule has 0 fully saturated rings. The molecule has 0 unspecified atom stereocenters. The van der Waals surface area contributed by atoms with Gasteiger partial charge in [0.2, 0.25) is 0 Å². The molecule has 1 aromatic carbocycles. The fourth-order valence-corrected chi connectivity index (χ4v) is 1.49. The summed E-state index contributed by atoms with van der Waals surface area (Å²) in [5, 5.41) is 0. The number of hydrogen-bond acceptors (Lipinski definition) is 2. The fraction of sp³-hybridized carbons (Fsp3) is 0.0833. The fourth-order valence-electron chi connectivity index (χ4n) is 1.49. The highest BCUT2D eigenvalue weighted by molar-refractivity contribution is 5.85. The van der Waals surface area contributed by atoms with Gasteiger partial charge in [0.15, 0.2) is 0 Å². The van der Waals surface area contributed by atoms with Crippen molar-refractivity contribution < 1.29 is 4.57 Å². The number of rotatable bonds is 2. The first-order valence-electron chi connectivity index (χ1n) is 4.84. The van der Waals surface area contributed by atoms with Crippen LogP contribution in [0.4, 0.5) is 11.5 Å². The van der Waals surface area contributed by atoms with Gasteiger partial charge in [0.1, 0.15) is 6.54 Å². The zero-order chi connectivity index (χ0) is 10.7. The minimum Gasteiger partial charge on any atom is -0.398 e. The third kappa shape index (κ3) is 2.87. The van der Waals surface area contributed by atoms with E-state index in [2.05, 4.69) is 12.1 Å². The summed E-state index contributed by atoms with van der Waals surface area (Å²) in [5.74, 6) is 0.679. The molecule has 84 valence electrons. The SMILES string of the molecule is Cl.Nc1cc[n+](Cc2ccccc2)c(N)c1. The van der Waals surface area contributed by atoms with Crippen molar-refractivity contribution in [3.05, 3.63) is 54.2 Å². The Labute approximate surface area is 101 Å². The molecule has 16 heavy (non-hydrogen) atoms. The van der Waals surface area contributed by atoms with E-state index in [0.717, 1.165) is 6.54 Å². The quantitative estimate of drug-likeness (QED) is 0.779. The van der Waals surface area contributed by atoms with Crippen molar-refractivity contribution in [3.8, 4) is 0 Å². The highest BCUT2D eigenvalue weighted by atomic mass is 35.5. The first-order chi connectivity index (χ1) is 7.25. The Morgan fingerprint density at radius 2 is 1.69 bits per heavy atom. The van der Waals surface area contributed by atoms with Crippen LogP contribution < -0.4 is 16.0 Å². The van der Waals surface area contributed by atoms with Gasteiger partial charge in [-0.3, -0.25) is 5.73 Å². The predicted molar refractivity (Wildman–Crippen MR) is 68.3 cm³/mol. The molecule has 0 aliphatic carbocycles. The van der Waals surface area contributed by atoms with Gasteiger partial charge < -0.3 is 5.73 Å². The molecule has 0 saturated heterocycles. The van der Waals surface area contributed by atoms with Crippen LogP contribution in [0.5, 0.6) is 0 Å². The number of hydrogen-bond donors (Lipinski definition) is 2. The summed E-state index contributed by atoms with van der Waals surface area (Å²) < 4.78 is 1.96. The second kappa shape index (κ2) is 5.37. The zero-order valence-electron chi connectivity index (χ0n) is 8.84. The van der Waals surface area contributed by atoms with E-state index >= 15 is 0 Å². The molecular weight excluding hydrogens is 222 g/mol. The maximum Gasteiger partial charge on any atom is 0.274 e. The van der Waals surface area contributed by atoms with Crippen LogP contribution in [0.3, 0.4) is 0 Å². The Balaban J connectivity index is 0.00000128. The molecule has 4 heteroatoms. The van der Waals surface area contributed by atoms with Crippen LogP contribution in [0.25, 0.3) is 0 Å². The topological polar surface area (TPSA) is 55.9 Å². The molecule has 2 rings (SSSR count). The Morgan fingerprint density at radius 1 is 1.00 bits per heavy atom. The number of nitrogens with two attached hydrogens (primary N) is 2. The van der Waals surface area contributed by atoms with E-state index in [1.807, 2.05) is 35.0 Å². The lowest BCUT2D eigenvalue weighted by molar-refractivity contribution is -0.673. The van der Waals surface area contributed by atoms with Crippen molar-refractivity contribution >= 4 is 23.9 Å². The van der Waals surface area contributed by atoms with Gasteiger partial charge in [-0.1, -0.05) is 30.3 Å². The average Bonchev–Trinajstić information content (AvgIpc) is 2.24. The van der Waals surface area contributed by atoms with Crippen LogP contribution >= 0.6 is 12.4 Å². The number of anilines is 2. The van der Waals surface area contributed by atoms with Gasteiger partial charge in [-0.15, -0.1) is 12.4 Å². The average molecular weight is 237 g/mol. The van der Waals surface area contributed by atoms with Crippen LogP contribution in [0, 0.1) is 0 Å². The van der Waals surface area contributed by atoms with Gasteiger partial charge in [0, 0.05) is 11.8 Å². The molecule has 3 nitrogen and oxygen atoms in total. The molecule has 0 aliphatic heterocycles. The third-order valence-electron chi connectivity index (χ3n) is 2.29. The van der Waals surface area contributed by atoms with E-state index in [1.54, 1.807) is 6.07 Å². The molecule has 0 radical (unpaired) electrons. The van der Waals surface area contributed by atoms with E-state index in [9.17, 15) is 0 Å². The summed E-state index contributed by atoms with van der Waals surface area (Å²) in [7, 11) is 0. The largest absolute Gasteiger partial charge is 0.398 e. The third-order valence-corrected chi connectivity index (χ3v) is 2.29. The van der Waals surface area contributed by atoms with Crippen molar-refractivity contribution in [2.45, 2.75) is 6.54 Å². The number of benzene rings is 1. The van der Waals surface area contributed by atoms with Gasteiger partial charge in [0.05, 0.1) is 12.3 Å². The molecule has 0 saturated carbocycles. The number of aromatic nitrogens is 1. The normalized spacial score (nSPS) is 9.50. The molecule has 0 aliphatic rings. The lowest BCUT2D eigenvalue weighted by Crippen LogP contribution is -2.37. The summed E-state index contributed by atoms with van der Waals surface area (Å²) in [6.45, 7) is 0.771. The van der Waals surface area contributed by atoms with E-state index in [-0.39, 0.29) is 12.4 Å². The number of nitrogen functional groups attached to an aromatic ring is 2. The summed E-state index contributed by atoms with van der Waals surface area (Å²) in [4.78, 5) is 0. The number of nitrogens with zero attached hydrogens (tertiary/aromatic N) is 1. The van der Waals surface area contributed by atoms with Crippen molar-refractivity contribution in [2.24, 2.45) is 0 Å². The van der Waals surface area contributed by atoms with Crippen LogP contribution in [0.2, 0.25) is 0 Å². The van der Waals surface area contributed by atoms with E-state index in [0.29, 0.717) is 11.5 Å². The van der Waals surface area contributed by atoms with E-state index in [4.69, 9.17) is 11.5 Å². The Bertz CT molecular complexity index is 457. The van der Waals surface area contributed by atoms with Crippen LogP contribution in [-0.4, -0.2) is 0 Å². The number of pyridine rings is 1. The smallest absolute Gasteiger partial charge is 0.274 e. The Morgan fingerprint density at radius 3 is 2.31 bits per heavy atom. The monoisotopic (exact) mass is 236 g/mol. The highest BCUT2D eigenvalue weighted by Gasteiger charge is 2.04. The molecular formula is C12H15ClN3+. The van der Waals surface area contributed by atoms with Gasteiger partial charge in [-0.25, -0.2) is 4.57 Å². The molecule has 0 spiro atoms. The zero-order valence-corrected chi connectivity index (χ0v) is 9.65. The van der Waals surface area contributed by atoms with E-state index < -0.39 is 0 Å². The summed E-state index contributed by atoms with van der Waals surface area (Å²) in [5.41, 5.74) is 13.4. The maximum absolute atomic E-state index is 5.85. The van der Waals surface area contributed by atoms with Crippen molar-refractivity contribution in [2.75, 3.05) is 11.5 Å². The molecule has 4 N–H and O–H groups in total. The van der Waals surface area contributed by atoms with E-state index in [1.165, 1.54) is 5.56 Å². The summed E-state index contributed by atoms with van der Waals surface area (Å²) in [6.07, 6.45) is 1.90. The molecule has 1 aromatic heterocycles. The van der Waals surface area contributed by atoms with Crippen LogP contribution in [-0.2, 0) is 6.54 Å². The maximum atomic E-state index is 5.85. The lowest BCUT2D eigenvalue weighted by Gasteiger charge is -2.03. The molecule has 0 amide bonds. The minimum absolute atomic E-state index is 0. The first kappa shape index (κ1) is 12.3. The van der Waals surface area contributed by atoms with Gasteiger partial charge in [-0.2, -0.15) is 0 Å². The second-order valence-electron chi connectivity index (χ2n) is 3.50. The molecule has 1 heterocycles. The van der Waals surface area contributed by atoms with Crippen molar-refractivity contribution in [3.63, 3.8) is 0 Å². The van der Waals surface area contributed by atoms with Gasteiger partial charge in [-0.05, 0) is 5.56 Å². The summed E-state index contributed by atoms with van der Waals surface area (Å²) in [6, 6.07) is 13.8. The second-order valence-corrected chi connectivity index (χ2v) is 3.50. The molecule has 2 aromatic rings. The number of halogens is 1. The minimum atomic E-state index is 0. The molecule has 0 atom stereocenters. The predicted octanol–water partition coefficient (Wildman–Crippen LogP) is 1.61. The molecule has 0 bridgehead atoms. The van der Waals surface area contributed by atoms with Gasteiger partial charge in [0.25, 0.3) is 5.82 Å². The van der Waals surface area contributed by atoms with Crippen LogP contribution in [0.15, 0.2) is 48.7 Å². The van der Waals surface area contributed by atoms with Crippen molar-refractivity contribution in [1.82, 2.24) is 0 Å². The highest BCUT2D eigenvalue weighted by Crippen LogP contribution is 2.04. The Kier molecular flexibility index (Phi) is 4.14. The summed E-state index contributed by atoms with van der Waals surface area (Å²) >= 11 is 0. The Hall–Kier alpha value is -1.74.